The van der Waals surface area contributed by atoms with Crippen molar-refractivity contribution in [2.24, 2.45) is 0 Å². The summed E-state index contributed by atoms with van der Waals surface area (Å²) in [5, 5.41) is 0.627. The zero-order valence-electron chi connectivity index (χ0n) is 17.8. The van der Waals surface area contributed by atoms with E-state index in [1.54, 1.807) is 4.90 Å². The third kappa shape index (κ3) is 4.26. The predicted octanol–water partition coefficient (Wildman–Crippen LogP) is 3.24. The van der Waals surface area contributed by atoms with E-state index in [-0.39, 0.29) is 12.0 Å². The molecule has 1 aromatic carbocycles. The molecule has 9 heteroatoms. The summed E-state index contributed by atoms with van der Waals surface area (Å²) in [6.45, 7) is 5.56. The summed E-state index contributed by atoms with van der Waals surface area (Å²) in [6.07, 6.45) is 5.18. The van der Waals surface area contributed by atoms with Gasteiger partial charge in [0.15, 0.2) is 5.13 Å². The number of thiazole rings is 1. The average molecular weight is 452 g/mol. The second-order valence-corrected chi connectivity index (χ2v) is 11.3. The molecule has 0 spiro atoms. The second-order valence-electron chi connectivity index (χ2n) is 8.34. The Bertz CT molecular complexity index is 1000. The summed E-state index contributed by atoms with van der Waals surface area (Å²) in [4.78, 5) is 20.2. The number of carbonyl (C=O) groups is 1. The molecule has 1 aromatic heterocycles. The Morgan fingerprint density at radius 2 is 2.00 bits per heavy atom. The number of aromatic nitrogens is 1. The van der Waals surface area contributed by atoms with Crippen LogP contribution < -0.4 is 4.90 Å². The largest absolute Gasteiger partial charge is 0.376 e. The first kappa shape index (κ1) is 21.7. The van der Waals surface area contributed by atoms with Crippen LogP contribution >= 0.6 is 11.3 Å². The number of carbonyl (C=O) groups excluding carboxylic acids is 1. The minimum absolute atomic E-state index is 0.0431. The molecule has 0 N–H and O–H groups in total. The number of fused-ring (bicyclic) bond motifs is 1. The first-order valence-electron chi connectivity index (χ1n) is 10.5. The van der Waals surface area contributed by atoms with Gasteiger partial charge in [-0.05, 0) is 50.7 Å². The van der Waals surface area contributed by atoms with Crippen LogP contribution in [-0.4, -0.2) is 61.7 Å². The van der Waals surface area contributed by atoms with Crippen LogP contribution in [0.15, 0.2) is 12.1 Å². The monoisotopic (exact) mass is 451 g/mol. The molecule has 0 aliphatic carbocycles. The molecule has 2 aromatic rings. The van der Waals surface area contributed by atoms with E-state index in [1.165, 1.54) is 21.9 Å². The van der Waals surface area contributed by atoms with Crippen LogP contribution in [0.25, 0.3) is 10.2 Å². The van der Waals surface area contributed by atoms with Crippen LogP contribution in [0.5, 0.6) is 0 Å². The van der Waals surface area contributed by atoms with Crippen molar-refractivity contribution in [3.8, 4) is 0 Å². The molecule has 2 saturated heterocycles. The molecule has 7 nitrogen and oxygen atoms in total. The van der Waals surface area contributed by atoms with Gasteiger partial charge >= 0.3 is 0 Å². The van der Waals surface area contributed by atoms with E-state index in [4.69, 9.17) is 9.72 Å². The molecular weight excluding hydrogens is 422 g/mol. The Labute approximate surface area is 182 Å². The van der Waals surface area contributed by atoms with Crippen molar-refractivity contribution in [1.82, 2.24) is 9.29 Å². The number of hydrogen-bond donors (Lipinski definition) is 0. The van der Waals surface area contributed by atoms with Crippen LogP contribution in [0.4, 0.5) is 5.13 Å². The highest BCUT2D eigenvalue weighted by atomic mass is 32.2. The fourth-order valence-corrected chi connectivity index (χ4v) is 6.59. The van der Waals surface area contributed by atoms with E-state index in [1.807, 2.05) is 19.9 Å². The van der Waals surface area contributed by atoms with Crippen molar-refractivity contribution in [3.05, 3.63) is 23.3 Å². The van der Waals surface area contributed by atoms with Gasteiger partial charge in [-0.25, -0.2) is 13.4 Å². The number of aryl methyl sites for hydroxylation is 2. The molecule has 30 heavy (non-hydrogen) atoms. The number of nitrogens with zero attached hydrogens (tertiary/aromatic N) is 3. The van der Waals surface area contributed by atoms with Gasteiger partial charge in [0.2, 0.25) is 15.9 Å². The maximum Gasteiger partial charge on any atom is 0.247 e. The first-order chi connectivity index (χ1) is 14.3. The van der Waals surface area contributed by atoms with E-state index < -0.39 is 16.1 Å². The summed E-state index contributed by atoms with van der Waals surface area (Å²) < 4.78 is 32.9. The van der Waals surface area contributed by atoms with Gasteiger partial charge in [0.1, 0.15) is 6.04 Å². The van der Waals surface area contributed by atoms with Gasteiger partial charge in [0.05, 0.1) is 29.1 Å². The summed E-state index contributed by atoms with van der Waals surface area (Å²) in [5.74, 6) is -0.190. The van der Waals surface area contributed by atoms with Crippen LogP contribution in [0.3, 0.4) is 0 Å². The lowest BCUT2D eigenvalue weighted by atomic mass is 10.0. The average Bonchev–Trinajstić information content (AvgIpc) is 3.38. The number of benzene rings is 1. The molecule has 0 bridgehead atoms. The quantitative estimate of drug-likeness (QED) is 0.697. The molecule has 4 rings (SSSR count). The van der Waals surface area contributed by atoms with Gasteiger partial charge in [-0.15, -0.1) is 0 Å². The third-order valence-electron chi connectivity index (χ3n) is 6.00. The van der Waals surface area contributed by atoms with Crippen LogP contribution in [0.1, 0.15) is 43.2 Å². The Balaban J connectivity index is 1.73. The molecule has 3 heterocycles. The number of piperidine rings is 1. The van der Waals surface area contributed by atoms with Crippen LogP contribution in [0.2, 0.25) is 0 Å². The number of rotatable bonds is 5. The maximum absolute atomic E-state index is 13.7. The summed E-state index contributed by atoms with van der Waals surface area (Å²) in [5.41, 5.74) is 3.10. The minimum Gasteiger partial charge on any atom is -0.376 e. The lowest BCUT2D eigenvalue weighted by molar-refractivity contribution is -0.123. The molecule has 2 unspecified atom stereocenters. The standard InChI is InChI=1S/C21H29N3O4S2/c1-14-9-10-15(2)19-18(14)22-21(29-19)23(13-16-7-6-12-28-16)20(25)17-8-4-5-11-24(17)30(3,26)27/h9-10,16-17H,4-8,11-13H2,1-3H3. The van der Waals surface area contributed by atoms with Gasteiger partial charge in [0.25, 0.3) is 0 Å². The molecule has 0 radical (unpaired) electrons. The second kappa shape index (κ2) is 8.53. The van der Waals surface area contributed by atoms with E-state index in [0.717, 1.165) is 47.0 Å². The summed E-state index contributed by atoms with van der Waals surface area (Å²) >= 11 is 1.50. The Kier molecular flexibility index (Phi) is 6.16. The van der Waals surface area contributed by atoms with Crippen LogP contribution in [-0.2, 0) is 19.6 Å². The van der Waals surface area contributed by atoms with Crippen LogP contribution in [0, 0.1) is 13.8 Å². The predicted molar refractivity (Wildman–Crippen MR) is 120 cm³/mol. The molecule has 2 fully saturated rings. The fraction of sp³-hybridized carbons (Fsp3) is 0.619. The van der Waals surface area contributed by atoms with Gasteiger partial charge < -0.3 is 4.74 Å². The van der Waals surface area contributed by atoms with E-state index in [9.17, 15) is 13.2 Å². The van der Waals surface area contributed by atoms with Crippen molar-refractivity contribution in [1.29, 1.82) is 0 Å². The molecule has 164 valence electrons. The third-order valence-corrected chi connectivity index (χ3v) is 8.51. The highest BCUT2D eigenvalue weighted by Crippen LogP contribution is 2.35. The van der Waals surface area contributed by atoms with E-state index in [0.29, 0.717) is 31.2 Å². The maximum atomic E-state index is 13.7. The van der Waals surface area contributed by atoms with Crippen molar-refractivity contribution in [2.45, 2.75) is 58.1 Å². The SMILES string of the molecule is Cc1ccc(C)c2sc(N(CC3CCCO3)C(=O)C3CCCCN3S(C)(=O)=O)nc12. The van der Waals surface area contributed by atoms with Crippen molar-refractivity contribution < 1.29 is 17.9 Å². The number of sulfonamides is 1. The summed E-state index contributed by atoms with van der Waals surface area (Å²) in [7, 11) is -3.46. The zero-order chi connectivity index (χ0) is 21.5. The Hall–Kier alpha value is -1.55. The molecular formula is C21H29N3O4S2. The number of ether oxygens (including phenoxy) is 1. The molecule has 1 amide bonds. The molecule has 2 aliphatic heterocycles. The van der Waals surface area contributed by atoms with Gasteiger partial charge in [-0.2, -0.15) is 4.31 Å². The zero-order valence-corrected chi connectivity index (χ0v) is 19.4. The van der Waals surface area contributed by atoms with Gasteiger partial charge in [-0.3, -0.25) is 9.69 Å². The topological polar surface area (TPSA) is 79.8 Å². The number of hydrogen-bond acceptors (Lipinski definition) is 6. The van der Waals surface area contributed by atoms with E-state index in [2.05, 4.69) is 6.07 Å². The Morgan fingerprint density at radius 1 is 1.23 bits per heavy atom. The van der Waals surface area contributed by atoms with Crippen molar-refractivity contribution in [3.63, 3.8) is 0 Å². The van der Waals surface area contributed by atoms with Crippen molar-refractivity contribution >= 4 is 42.6 Å². The number of anilines is 1. The Morgan fingerprint density at radius 3 is 2.67 bits per heavy atom. The highest BCUT2D eigenvalue weighted by molar-refractivity contribution is 7.88. The van der Waals surface area contributed by atoms with Gasteiger partial charge in [0, 0.05) is 13.2 Å². The lowest BCUT2D eigenvalue weighted by Gasteiger charge is -2.35. The minimum atomic E-state index is -3.46. The molecule has 2 atom stereocenters. The molecule has 0 saturated carbocycles. The van der Waals surface area contributed by atoms with E-state index >= 15 is 0 Å². The smallest absolute Gasteiger partial charge is 0.247 e. The highest BCUT2D eigenvalue weighted by Gasteiger charge is 2.39. The number of amides is 1. The molecule has 2 aliphatic rings. The first-order valence-corrected chi connectivity index (χ1v) is 13.2. The van der Waals surface area contributed by atoms with Crippen molar-refractivity contribution in [2.75, 3.05) is 30.9 Å². The fourth-order valence-electron chi connectivity index (χ4n) is 4.35. The summed E-state index contributed by atoms with van der Waals surface area (Å²) in [6, 6.07) is 3.43. The normalized spacial score (nSPS) is 23.2. The lowest BCUT2D eigenvalue weighted by Crippen LogP contribution is -2.54. The van der Waals surface area contributed by atoms with Gasteiger partial charge in [-0.1, -0.05) is 29.9 Å².